The van der Waals surface area contributed by atoms with E-state index < -0.39 is 0 Å². The molecule has 0 radical (unpaired) electrons. The first-order valence-electron chi connectivity index (χ1n) is 7.16. The summed E-state index contributed by atoms with van der Waals surface area (Å²) in [6.45, 7) is 6.50. The molecule has 0 heterocycles. The number of hydrogen-bond acceptors (Lipinski definition) is 3. The summed E-state index contributed by atoms with van der Waals surface area (Å²) in [6.07, 6.45) is 1.61. The van der Waals surface area contributed by atoms with E-state index in [4.69, 9.17) is 5.73 Å². The molecule has 4 heteroatoms. The molecular formula is C18H21N3O. The molecule has 0 aliphatic carbocycles. The van der Waals surface area contributed by atoms with E-state index in [0.717, 1.165) is 5.56 Å². The molecule has 2 aromatic rings. The van der Waals surface area contributed by atoms with Crippen molar-refractivity contribution in [2.75, 3.05) is 5.73 Å². The summed E-state index contributed by atoms with van der Waals surface area (Å²) in [5, 5.41) is 3.97. The molecule has 4 nitrogen and oxygen atoms in total. The third kappa shape index (κ3) is 3.95. The van der Waals surface area contributed by atoms with Crippen LogP contribution in [0, 0.1) is 0 Å². The van der Waals surface area contributed by atoms with Crippen LogP contribution in [0.1, 0.15) is 42.3 Å². The van der Waals surface area contributed by atoms with Crippen LogP contribution < -0.4 is 11.2 Å². The van der Waals surface area contributed by atoms with Crippen LogP contribution in [-0.2, 0) is 5.41 Å². The molecule has 0 atom stereocenters. The molecule has 1 amide bonds. The lowest BCUT2D eigenvalue weighted by Gasteiger charge is -2.18. The quantitative estimate of drug-likeness (QED) is 0.518. The summed E-state index contributed by atoms with van der Waals surface area (Å²) < 4.78 is 0. The van der Waals surface area contributed by atoms with Crippen molar-refractivity contribution in [2.45, 2.75) is 26.2 Å². The Morgan fingerprint density at radius 1 is 1.09 bits per heavy atom. The Bertz CT molecular complexity index is 682. The van der Waals surface area contributed by atoms with E-state index in [1.165, 1.54) is 5.56 Å². The zero-order valence-electron chi connectivity index (χ0n) is 13.1. The number of nitrogens with zero attached hydrogens (tertiary/aromatic N) is 1. The van der Waals surface area contributed by atoms with Crippen LogP contribution in [0.2, 0.25) is 0 Å². The van der Waals surface area contributed by atoms with E-state index in [2.05, 4.69) is 43.4 Å². The maximum absolute atomic E-state index is 11.9. The fourth-order valence-electron chi connectivity index (χ4n) is 2.00. The van der Waals surface area contributed by atoms with Crippen molar-refractivity contribution in [3.8, 4) is 0 Å². The number of nitrogens with one attached hydrogen (secondary N) is 1. The number of nitrogen functional groups attached to an aromatic ring is 1. The van der Waals surface area contributed by atoms with Gasteiger partial charge in [-0.25, -0.2) is 5.43 Å². The summed E-state index contributed by atoms with van der Waals surface area (Å²) in [5.41, 5.74) is 11.4. The largest absolute Gasteiger partial charge is 0.398 e. The second-order valence-electron chi connectivity index (χ2n) is 6.16. The van der Waals surface area contributed by atoms with Gasteiger partial charge in [-0.1, -0.05) is 57.2 Å². The van der Waals surface area contributed by atoms with Gasteiger partial charge >= 0.3 is 0 Å². The summed E-state index contributed by atoms with van der Waals surface area (Å²) in [7, 11) is 0. The van der Waals surface area contributed by atoms with Crippen molar-refractivity contribution in [1.29, 1.82) is 0 Å². The molecule has 0 fully saturated rings. The fraction of sp³-hybridized carbons (Fsp3) is 0.222. The normalized spacial score (nSPS) is 11.6. The van der Waals surface area contributed by atoms with E-state index in [1.54, 1.807) is 30.5 Å². The SMILES string of the molecule is CC(C)(C)c1ccc(/C=N\NC(=O)c2ccccc2N)cc1. The van der Waals surface area contributed by atoms with Crippen LogP contribution in [0.5, 0.6) is 0 Å². The van der Waals surface area contributed by atoms with Crippen LogP contribution in [-0.4, -0.2) is 12.1 Å². The predicted molar refractivity (Wildman–Crippen MR) is 91.1 cm³/mol. The monoisotopic (exact) mass is 295 g/mol. The van der Waals surface area contributed by atoms with E-state index in [9.17, 15) is 4.79 Å². The van der Waals surface area contributed by atoms with Gasteiger partial charge in [-0.3, -0.25) is 4.79 Å². The smallest absolute Gasteiger partial charge is 0.273 e. The number of hydrazone groups is 1. The van der Waals surface area contributed by atoms with Gasteiger partial charge in [0.1, 0.15) is 0 Å². The molecule has 0 saturated carbocycles. The summed E-state index contributed by atoms with van der Waals surface area (Å²) in [5.74, 6) is -0.319. The van der Waals surface area contributed by atoms with Gasteiger partial charge in [0.15, 0.2) is 0 Å². The third-order valence-electron chi connectivity index (χ3n) is 3.36. The maximum atomic E-state index is 11.9. The third-order valence-corrected chi connectivity index (χ3v) is 3.36. The summed E-state index contributed by atoms with van der Waals surface area (Å²) in [6, 6.07) is 15.0. The molecule has 0 bridgehead atoms. The van der Waals surface area contributed by atoms with Crippen LogP contribution in [0.15, 0.2) is 53.6 Å². The Balaban J connectivity index is 2.01. The van der Waals surface area contributed by atoms with Gasteiger partial charge in [0.05, 0.1) is 11.8 Å². The highest BCUT2D eigenvalue weighted by Gasteiger charge is 2.12. The van der Waals surface area contributed by atoms with Crippen LogP contribution in [0.25, 0.3) is 0 Å². The molecule has 0 aliphatic rings. The number of hydrogen-bond donors (Lipinski definition) is 2. The van der Waals surface area contributed by atoms with Gasteiger partial charge in [0, 0.05) is 5.69 Å². The molecule has 2 aromatic carbocycles. The maximum Gasteiger partial charge on any atom is 0.273 e. The van der Waals surface area contributed by atoms with Gasteiger partial charge in [0.2, 0.25) is 0 Å². The lowest BCUT2D eigenvalue weighted by Crippen LogP contribution is -2.19. The Morgan fingerprint density at radius 2 is 1.73 bits per heavy atom. The molecule has 0 saturated heterocycles. The number of rotatable bonds is 3. The standard InChI is InChI=1S/C18H21N3O/c1-18(2,3)14-10-8-13(9-11-14)12-20-21-17(22)15-6-4-5-7-16(15)19/h4-12H,19H2,1-3H3,(H,21,22)/b20-12-. The van der Waals surface area contributed by atoms with Gasteiger partial charge in [0.25, 0.3) is 5.91 Å². The summed E-state index contributed by atoms with van der Waals surface area (Å²) >= 11 is 0. The van der Waals surface area contributed by atoms with E-state index in [1.807, 2.05) is 12.1 Å². The zero-order chi connectivity index (χ0) is 16.2. The number of carbonyl (C=O) groups is 1. The second-order valence-corrected chi connectivity index (χ2v) is 6.16. The van der Waals surface area contributed by atoms with Crippen molar-refractivity contribution in [1.82, 2.24) is 5.43 Å². The van der Waals surface area contributed by atoms with Crippen molar-refractivity contribution in [2.24, 2.45) is 5.10 Å². The van der Waals surface area contributed by atoms with Gasteiger partial charge in [-0.05, 0) is 28.7 Å². The Kier molecular flexibility index (Phi) is 4.61. The van der Waals surface area contributed by atoms with Crippen LogP contribution in [0.4, 0.5) is 5.69 Å². The van der Waals surface area contributed by atoms with E-state index >= 15 is 0 Å². The van der Waals surface area contributed by atoms with Gasteiger partial charge in [-0.2, -0.15) is 5.10 Å². The topological polar surface area (TPSA) is 67.5 Å². The van der Waals surface area contributed by atoms with Crippen LogP contribution >= 0.6 is 0 Å². The number of para-hydroxylation sites is 1. The highest BCUT2D eigenvalue weighted by atomic mass is 16.2. The molecule has 2 rings (SSSR count). The second kappa shape index (κ2) is 6.43. The Hall–Kier alpha value is -2.62. The molecule has 0 spiro atoms. The van der Waals surface area contributed by atoms with E-state index in [-0.39, 0.29) is 11.3 Å². The molecule has 0 unspecified atom stereocenters. The molecule has 0 aromatic heterocycles. The first-order valence-corrected chi connectivity index (χ1v) is 7.16. The molecule has 22 heavy (non-hydrogen) atoms. The number of anilines is 1. The molecule has 0 aliphatic heterocycles. The molecular weight excluding hydrogens is 274 g/mol. The minimum absolute atomic E-state index is 0.120. The number of nitrogens with two attached hydrogens (primary N) is 1. The lowest BCUT2D eigenvalue weighted by molar-refractivity contribution is 0.0956. The zero-order valence-corrected chi connectivity index (χ0v) is 13.1. The van der Waals surface area contributed by atoms with Crippen molar-refractivity contribution >= 4 is 17.8 Å². The number of amides is 1. The average Bonchev–Trinajstić information content (AvgIpc) is 2.47. The minimum atomic E-state index is -0.319. The first-order chi connectivity index (χ1) is 10.4. The fourth-order valence-corrected chi connectivity index (χ4v) is 2.00. The highest BCUT2D eigenvalue weighted by Crippen LogP contribution is 2.21. The van der Waals surface area contributed by atoms with Crippen molar-refractivity contribution < 1.29 is 4.79 Å². The average molecular weight is 295 g/mol. The van der Waals surface area contributed by atoms with E-state index in [0.29, 0.717) is 11.3 Å². The predicted octanol–water partition coefficient (Wildman–Crippen LogP) is 3.33. The van der Waals surface area contributed by atoms with Crippen LogP contribution in [0.3, 0.4) is 0 Å². The van der Waals surface area contributed by atoms with Gasteiger partial charge in [-0.15, -0.1) is 0 Å². The first kappa shape index (κ1) is 15.8. The minimum Gasteiger partial charge on any atom is -0.398 e. The summed E-state index contributed by atoms with van der Waals surface area (Å²) in [4.78, 5) is 11.9. The van der Waals surface area contributed by atoms with Crippen molar-refractivity contribution in [3.63, 3.8) is 0 Å². The Morgan fingerprint density at radius 3 is 2.32 bits per heavy atom. The number of carbonyl (C=O) groups excluding carboxylic acids is 1. The highest BCUT2D eigenvalue weighted by molar-refractivity contribution is 5.99. The Labute approximate surface area is 131 Å². The lowest BCUT2D eigenvalue weighted by atomic mass is 9.87. The van der Waals surface area contributed by atoms with Gasteiger partial charge < -0.3 is 5.73 Å². The molecule has 3 N–H and O–H groups in total. The van der Waals surface area contributed by atoms with Crippen molar-refractivity contribution in [3.05, 3.63) is 65.2 Å². The number of benzene rings is 2. The molecule has 114 valence electrons.